The van der Waals surface area contributed by atoms with Crippen molar-refractivity contribution in [3.8, 4) is 0 Å². The number of anilines is 1. The zero-order valence-electron chi connectivity index (χ0n) is 11.7. The molecule has 6 nitrogen and oxygen atoms in total. The average molecular weight is 260 g/mol. The van der Waals surface area contributed by atoms with Gasteiger partial charge in [-0.05, 0) is 33.7 Å². The first-order valence-electron chi connectivity index (χ1n) is 6.72. The lowest BCUT2D eigenvalue weighted by atomic mass is 9.90. The van der Waals surface area contributed by atoms with Crippen LogP contribution < -0.4 is 10.2 Å². The highest BCUT2D eigenvalue weighted by Gasteiger charge is 2.29. The van der Waals surface area contributed by atoms with Gasteiger partial charge in [0.25, 0.3) is 5.78 Å². The third-order valence-electron chi connectivity index (χ3n) is 4.16. The fourth-order valence-corrected chi connectivity index (χ4v) is 2.62. The van der Waals surface area contributed by atoms with Crippen LogP contribution in [0.1, 0.15) is 25.5 Å². The van der Waals surface area contributed by atoms with E-state index in [2.05, 4.69) is 38.3 Å². The number of aromatic nitrogens is 4. The fraction of sp³-hybridized carbons (Fsp3) is 0.615. The number of nitrogens with zero attached hydrogens (tertiary/aromatic N) is 5. The van der Waals surface area contributed by atoms with Crippen molar-refractivity contribution in [2.24, 2.45) is 0 Å². The zero-order chi connectivity index (χ0) is 13.5. The summed E-state index contributed by atoms with van der Waals surface area (Å²) in [6.45, 7) is 6.33. The van der Waals surface area contributed by atoms with E-state index in [1.54, 1.807) is 6.33 Å². The minimum absolute atomic E-state index is 0.250. The molecule has 1 aliphatic heterocycles. The molecule has 102 valence electrons. The first-order valence-corrected chi connectivity index (χ1v) is 6.72. The van der Waals surface area contributed by atoms with Crippen LogP contribution in [0.25, 0.3) is 5.78 Å². The van der Waals surface area contributed by atoms with Gasteiger partial charge in [-0.15, -0.1) is 0 Å². The zero-order valence-corrected chi connectivity index (χ0v) is 11.7. The van der Waals surface area contributed by atoms with Crippen LogP contribution in [0.5, 0.6) is 0 Å². The molecule has 3 rings (SSSR count). The largest absolute Gasteiger partial charge is 0.356 e. The van der Waals surface area contributed by atoms with E-state index in [1.165, 1.54) is 0 Å². The highest BCUT2D eigenvalue weighted by atomic mass is 15.4. The van der Waals surface area contributed by atoms with Crippen LogP contribution in [0, 0.1) is 6.92 Å². The number of hydrogen-bond acceptors (Lipinski definition) is 5. The molecule has 0 aliphatic carbocycles. The Balaban J connectivity index is 1.91. The maximum absolute atomic E-state index is 4.39. The number of aryl methyl sites for hydroxylation is 1. The van der Waals surface area contributed by atoms with Crippen molar-refractivity contribution < 1.29 is 0 Å². The molecule has 0 aromatic carbocycles. The average Bonchev–Trinajstić information content (AvgIpc) is 2.87. The van der Waals surface area contributed by atoms with Gasteiger partial charge in [0.2, 0.25) is 0 Å². The summed E-state index contributed by atoms with van der Waals surface area (Å²) >= 11 is 0. The van der Waals surface area contributed by atoms with Gasteiger partial charge in [0.15, 0.2) is 0 Å². The summed E-state index contributed by atoms with van der Waals surface area (Å²) in [5.41, 5.74) is 1.23. The van der Waals surface area contributed by atoms with Gasteiger partial charge in [0.1, 0.15) is 12.1 Å². The van der Waals surface area contributed by atoms with Gasteiger partial charge in [-0.2, -0.15) is 14.6 Å². The molecule has 0 bridgehead atoms. The van der Waals surface area contributed by atoms with Crippen molar-refractivity contribution in [1.29, 1.82) is 0 Å². The third-order valence-corrected chi connectivity index (χ3v) is 4.16. The second-order valence-corrected chi connectivity index (χ2v) is 5.53. The summed E-state index contributed by atoms with van der Waals surface area (Å²) in [7, 11) is 2.04. The minimum Gasteiger partial charge on any atom is -0.356 e. The standard InChI is InChI=1S/C13H20N6/c1-10-8-11(19-12(17-10)15-9-16-19)18-6-4-13(2,14-3)5-7-18/h8-9,14H,4-7H2,1-3H3. The molecule has 2 aromatic rings. The molecular formula is C13H20N6. The maximum Gasteiger partial charge on any atom is 0.254 e. The van der Waals surface area contributed by atoms with Crippen molar-refractivity contribution in [1.82, 2.24) is 24.9 Å². The molecule has 1 N–H and O–H groups in total. The topological polar surface area (TPSA) is 58.3 Å². The first kappa shape index (κ1) is 12.3. The Labute approximate surface area is 112 Å². The third kappa shape index (κ3) is 2.16. The molecular weight excluding hydrogens is 240 g/mol. The fourth-order valence-electron chi connectivity index (χ4n) is 2.62. The summed E-state index contributed by atoms with van der Waals surface area (Å²) in [4.78, 5) is 10.9. The quantitative estimate of drug-likeness (QED) is 0.873. The molecule has 6 heteroatoms. The van der Waals surface area contributed by atoms with E-state index in [4.69, 9.17) is 0 Å². The van der Waals surface area contributed by atoms with Crippen LogP contribution in [0.15, 0.2) is 12.4 Å². The predicted octanol–water partition coefficient (Wildman–Crippen LogP) is 1.01. The van der Waals surface area contributed by atoms with Gasteiger partial charge < -0.3 is 10.2 Å². The molecule has 3 heterocycles. The molecule has 0 atom stereocenters. The van der Waals surface area contributed by atoms with E-state index in [0.717, 1.165) is 37.4 Å². The first-order chi connectivity index (χ1) is 9.11. The Bertz CT molecular complexity index is 582. The van der Waals surface area contributed by atoms with Gasteiger partial charge in [-0.25, -0.2) is 4.98 Å². The van der Waals surface area contributed by atoms with E-state index in [-0.39, 0.29) is 5.54 Å². The van der Waals surface area contributed by atoms with Crippen molar-refractivity contribution in [2.45, 2.75) is 32.2 Å². The van der Waals surface area contributed by atoms with Crippen LogP contribution in [-0.2, 0) is 0 Å². The minimum atomic E-state index is 0.250. The van der Waals surface area contributed by atoms with Crippen LogP contribution in [0.2, 0.25) is 0 Å². The van der Waals surface area contributed by atoms with Gasteiger partial charge >= 0.3 is 0 Å². The van der Waals surface area contributed by atoms with E-state index in [0.29, 0.717) is 5.78 Å². The SMILES string of the molecule is CNC1(C)CCN(c2cc(C)nc3ncnn23)CC1. The summed E-state index contributed by atoms with van der Waals surface area (Å²) in [5, 5.41) is 7.70. The highest BCUT2D eigenvalue weighted by molar-refractivity contribution is 5.47. The Morgan fingerprint density at radius 2 is 2.05 bits per heavy atom. The van der Waals surface area contributed by atoms with E-state index in [9.17, 15) is 0 Å². The van der Waals surface area contributed by atoms with Crippen molar-refractivity contribution in [3.05, 3.63) is 18.1 Å². The number of fused-ring (bicyclic) bond motifs is 1. The van der Waals surface area contributed by atoms with Crippen LogP contribution >= 0.6 is 0 Å². The Morgan fingerprint density at radius 1 is 1.32 bits per heavy atom. The predicted molar refractivity (Wildman–Crippen MR) is 74.4 cm³/mol. The molecule has 1 fully saturated rings. The summed E-state index contributed by atoms with van der Waals surface area (Å²) in [5.74, 6) is 1.77. The van der Waals surface area contributed by atoms with Crippen molar-refractivity contribution in [2.75, 3.05) is 25.0 Å². The Morgan fingerprint density at radius 3 is 2.74 bits per heavy atom. The maximum atomic E-state index is 4.39. The Hall–Kier alpha value is -1.69. The number of rotatable bonds is 2. The lowest BCUT2D eigenvalue weighted by molar-refractivity contribution is 0.304. The summed E-state index contributed by atoms with van der Waals surface area (Å²) in [6.07, 6.45) is 3.81. The Kier molecular flexibility index (Phi) is 2.89. The van der Waals surface area contributed by atoms with Crippen molar-refractivity contribution >= 4 is 11.6 Å². The molecule has 0 spiro atoms. The number of piperidine rings is 1. The number of nitrogens with one attached hydrogen (secondary N) is 1. The molecule has 2 aromatic heterocycles. The van der Waals surface area contributed by atoms with Gasteiger partial charge in [-0.1, -0.05) is 0 Å². The van der Waals surface area contributed by atoms with Gasteiger partial charge in [0.05, 0.1) is 0 Å². The number of hydrogen-bond donors (Lipinski definition) is 1. The second-order valence-electron chi connectivity index (χ2n) is 5.53. The van der Waals surface area contributed by atoms with Gasteiger partial charge in [-0.3, -0.25) is 0 Å². The summed E-state index contributed by atoms with van der Waals surface area (Å²) < 4.78 is 1.83. The lowest BCUT2D eigenvalue weighted by Crippen LogP contribution is -2.50. The second kappa shape index (κ2) is 4.45. The van der Waals surface area contributed by atoms with Crippen molar-refractivity contribution in [3.63, 3.8) is 0 Å². The van der Waals surface area contributed by atoms with E-state index in [1.807, 2.05) is 18.5 Å². The van der Waals surface area contributed by atoms with Crippen LogP contribution in [0.3, 0.4) is 0 Å². The highest BCUT2D eigenvalue weighted by Crippen LogP contribution is 2.25. The molecule has 1 saturated heterocycles. The van der Waals surface area contributed by atoms with Crippen LogP contribution in [-0.4, -0.2) is 45.3 Å². The monoisotopic (exact) mass is 260 g/mol. The lowest BCUT2D eigenvalue weighted by Gasteiger charge is -2.40. The molecule has 0 unspecified atom stereocenters. The van der Waals surface area contributed by atoms with E-state index >= 15 is 0 Å². The van der Waals surface area contributed by atoms with Crippen LogP contribution in [0.4, 0.5) is 5.82 Å². The molecule has 0 radical (unpaired) electrons. The smallest absolute Gasteiger partial charge is 0.254 e. The van der Waals surface area contributed by atoms with Gasteiger partial charge in [0, 0.05) is 30.4 Å². The molecule has 1 aliphatic rings. The molecule has 0 amide bonds. The van der Waals surface area contributed by atoms with E-state index < -0.39 is 0 Å². The molecule has 0 saturated carbocycles. The normalized spacial score (nSPS) is 19.0. The molecule has 19 heavy (non-hydrogen) atoms. The summed E-state index contributed by atoms with van der Waals surface area (Å²) in [6, 6.07) is 2.09.